The molecule has 2 heterocycles. The van der Waals surface area contributed by atoms with Crippen molar-refractivity contribution >= 4 is 49.4 Å². The van der Waals surface area contributed by atoms with Gasteiger partial charge in [-0.25, -0.2) is 9.07 Å². The monoisotopic (exact) mass is 538 g/mol. The minimum absolute atomic E-state index is 0.0165. The van der Waals surface area contributed by atoms with Gasteiger partial charge in [-0.3, -0.25) is 10.1 Å². The number of allylic oxidation sites excluding steroid dienone is 2. The van der Waals surface area contributed by atoms with E-state index in [0.717, 1.165) is 12.8 Å². The third kappa shape index (κ3) is 5.44. The summed E-state index contributed by atoms with van der Waals surface area (Å²) in [6.45, 7) is -0.326. The molecule has 1 aromatic rings. The van der Waals surface area contributed by atoms with Crippen LogP contribution in [0.2, 0.25) is 0 Å². The summed E-state index contributed by atoms with van der Waals surface area (Å²) in [5.41, 5.74) is 0.864. The molecular weight excluding hydrogens is 517 g/mol. The zero-order chi connectivity index (χ0) is 21.0. The Hall–Kier alpha value is -1.32. The van der Waals surface area contributed by atoms with E-state index in [4.69, 9.17) is 14.1 Å². The summed E-state index contributed by atoms with van der Waals surface area (Å²) in [7, 11) is 3.07. The molecule has 1 aromatic heterocycles. The fraction of sp³-hybridized carbons (Fsp3) is 0.562. The minimum Gasteiger partial charge on any atom is -0.469 e. The fourth-order valence-electron chi connectivity index (χ4n) is 2.89. The van der Waals surface area contributed by atoms with Gasteiger partial charge < -0.3 is 19.4 Å². The van der Waals surface area contributed by atoms with E-state index in [0.29, 0.717) is 11.4 Å². The van der Waals surface area contributed by atoms with Crippen molar-refractivity contribution in [2.45, 2.75) is 31.2 Å². The predicted molar refractivity (Wildman–Crippen MR) is 118 cm³/mol. The van der Waals surface area contributed by atoms with Crippen molar-refractivity contribution in [2.75, 3.05) is 26.6 Å². The number of dihydropyridines is 1. The van der Waals surface area contributed by atoms with E-state index in [2.05, 4.69) is 10.4 Å². The summed E-state index contributed by atoms with van der Waals surface area (Å²) in [5, 5.41) is 19.2. The Morgan fingerprint density at radius 3 is 2.93 bits per heavy atom. The van der Waals surface area contributed by atoms with Crippen molar-refractivity contribution in [2.24, 2.45) is 0 Å². The van der Waals surface area contributed by atoms with Crippen LogP contribution in [0.4, 0.5) is 10.1 Å². The van der Waals surface area contributed by atoms with Crippen LogP contribution in [0.25, 0.3) is 5.70 Å². The highest BCUT2D eigenvalue weighted by Gasteiger charge is 2.41. The van der Waals surface area contributed by atoms with Gasteiger partial charge in [0.15, 0.2) is 6.23 Å². The third-order valence-corrected chi connectivity index (χ3v) is 6.96. The smallest absolute Gasteiger partial charge is 0.435 e. The van der Waals surface area contributed by atoms with Crippen LogP contribution in [0.5, 0.6) is 5.88 Å². The second-order valence-corrected chi connectivity index (χ2v) is 9.54. The van der Waals surface area contributed by atoms with Gasteiger partial charge in [0, 0.05) is 25.9 Å². The molecule has 1 N–H and O–H groups in total. The van der Waals surface area contributed by atoms with Crippen LogP contribution in [0.15, 0.2) is 18.4 Å². The first-order valence-electron chi connectivity index (χ1n) is 8.94. The van der Waals surface area contributed by atoms with Gasteiger partial charge in [-0.1, -0.05) is 22.4 Å². The maximum Gasteiger partial charge on any atom is 0.435 e. The maximum atomic E-state index is 14.2. The summed E-state index contributed by atoms with van der Waals surface area (Å²) < 4.78 is 31.5. The summed E-state index contributed by atoms with van der Waals surface area (Å²) >= 11 is 3.33. The molecule has 0 bridgehead atoms. The molecule has 2 unspecified atom stereocenters. The molecule has 0 spiro atoms. The highest BCUT2D eigenvalue weighted by Crippen LogP contribution is 2.48. The summed E-state index contributed by atoms with van der Waals surface area (Å²) in [5.74, 6) is -0.00719. The number of hydrogen-bond acceptors (Lipinski definition) is 8. The van der Waals surface area contributed by atoms with Crippen LogP contribution in [0.3, 0.4) is 0 Å². The van der Waals surface area contributed by atoms with Gasteiger partial charge in [0.25, 0.3) is 0 Å². The van der Waals surface area contributed by atoms with E-state index in [1.165, 1.54) is 23.4 Å². The van der Waals surface area contributed by atoms with E-state index in [9.17, 15) is 14.5 Å². The van der Waals surface area contributed by atoms with Gasteiger partial charge in [-0.05, 0) is 31.2 Å². The topological polar surface area (TPSA) is 101 Å². The molecule has 0 aromatic carbocycles. The molecular formula is C16H21BFIN4O5S. The van der Waals surface area contributed by atoms with Gasteiger partial charge in [0.05, 0.1) is 10.6 Å². The minimum atomic E-state index is -1.31. The number of alkyl halides is 1. The molecule has 1 aliphatic carbocycles. The molecule has 1 aliphatic heterocycles. The van der Waals surface area contributed by atoms with E-state index in [-0.39, 0.29) is 33.9 Å². The van der Waals surface area contributed by atoms with Crippen LogP contribution in [0, 0.1) is 10.1 Å². The second-order valence-electron chi connectivity index (χ2n) is 6.47. The lowest BCUT2D eigenvalue weighted by molar-refractivity contribution is -0.386. The highest BCUT2D eigenvalue weighted by molar-refractivity contribution is 14.1. The molecule has 9 nitrogen and oxygen atoms in total. The van der Waals surface area contributed by atoms with Gasteiger partial charge >= 0.3 is 15.6 Å². The molecule has 0 radical (unpaired) electrons. The molecule has 0 saturated heterocycles. The lowest BCUT2D eigenvalue weighted by Crippen LogP contribution is -2.32. The number of nitro groups is 1. The Labute approximate surface area is 185 Å². The SMILES string of the molecule is COB(I)SCC(F)COc1nn(C2=CC=CNC2OC)c(C2CC2)c1[N+](=O)[O-]. The summed E-state index contributed by atoms with van der Waals surface area (Å²) in [6, 6.07) is 0. The Bertz CT molecular complexity index is 807. The van der Waals surface area contributed by atoms with Crippen molar-refractivity contribution < 1.29 is 23.4 Å². The molecule has 29 heavy (non-hydrogen) atoms. The molecule has 1 fully saturated rings. The lowest BCUT2D eigenvalue weighted by Gasteiger charge is -2.22. The lowest BCUT2D eigenvalue weighted by atomic mass is 10.2. The van der Waals surface area contributed by atoms with Crippen molar-refractivity contribution in [1.29, 1.82) is 0 Å². The van der Waals surface area contributed by atoms with Crippen molar-refractivity contribution in [3.63, 3.8) is 0 Å². The van der Waals surface area contributed by atoms with E-state index in [1.807, 2.05) is 22.4 Å². The number of methoxy groups -OCH3 is 1. The summed E-state index contributed by atoms with van der Waals surface area (Å²) in [4.78, 5) is 11.3. The van der Waals surface area contributed by atoms with Crippen molar-refractivity contribution in [3.05, 3.63) is 34.2 Å². The second kappa shape index (κ2) is 10.1. The first kappa shape index (κ1) is 22.4. The predicted octanol–water partition coefficient (Wildman–Crippen LogP) is 3.12. The largest absolute Gasteiger partial charge is 0.469 e. The number of halogens is 2. The van der Waals surface area contributed by atoms with Gasteiger partial charge in [0.1, 0.15) is 18.5 Å². The molecule has 2 atom stereocenters. The Morgan fingerprint density at radius 1 is 1.55 bits per heavy atom. The fourth-order valence-corrected chi connectivity index (χ4v) is 4.10. The molecule has 1 saturated carbocycles. The van der Waals surface area contributed by atoms with E-state index >= 15 is 0 Å². The van der Waals surface area contributed by atoms with Crippen molar-refractivity contribution in [1.82, 2.24) is 15.1 Å². The van der Waals surface area contributed by atoms with Crippen LogP contribution in [-0.4, -0.2) is 57.7 Å². The van der Waals surface area contributed by atoms with E-state index < -0.39 is 17.3 Å². The number of aromatic nitrogens is 2. The standard InChI is InChI=1S/C16H21BFIN4O5S/c1-26-15-12(4-3-7-20-15)22-13(10-5-6-10)14(23(24)25)16(21-22)28-8-11(18)9-29-17(19)27-2/h3-4,7,10-11,15,20H,5-6,8-9H2,1-2H3. The Balaban J connectivity index is 1.85. The highest BCUT2D eigenvalue weighted by atomic mass is 127. The first-order chi connectivity index (χ1) is 14.0. The first-order valence-corrected chi connectivity index (χ1v) is 11.2. The maximum absolute atomic E-state index is 14.2. The number of hydrogen-bond donors (Lipinski definition) is 1. The Kier molecular flexibility index (Phi) is 7.82. The van der Waals surface area contributed by atoms with Gasteiger partial charge in [-0.15, -0.1) is 5.10 Å². The number of nitrogens with zero attached hydrogens (tertiary/aromatic N) is 3. The molecule has 0 amide bonds. The average Bonchev–Trinajstić information content (AvgIpc) is 3.49. The van der Waals surface area contributed by atoms with Gasteiger partial charge in [0.2, 0.25) is 0 Å². The zero-order valence-corrected chi connectivity index (χ0v) is 18.9. The van der Waals surface area contributed by atoms with Gasteiger partial charge in [-0.2, -0.15) is 11.6 Å². The third-order valence-electron chi connectivity index (χ3n) is 4.36. The summed E-state index contributed by atoms with van der Waals surface area (Å²) in [6.07, 6.45) is 5.09. The van der Waals surface area contributed by atoms with Crippen LogP contribution in [0.1, 0.15) is 24.5 Å². The van der Waals surface area contributed by atoms with Crippen LogP contribution in [-0.2, 0) is 9.39 Å². The average molecular weight is 538 g/mol. The Morgan fingerprint density at radius 2 is 2.31 bits per heavy atom. The number of ether oxygens (including phenoxy) is 2. The molecule has 13 heteroatoms. The quantitative estimate of drug-likeness (QED) is 0.199. The molecule has 2 aliphatic rings. The number of nitrogens with one attached hydrogen (secondary N) is 1. The van der Waals surface area contributed by atoms with Crippen LogP contribution < -0.4 is 10.1 Å². The zero-order valence-electron chi connectivity index (χ0n) is 15.9. The van der Waals surface area contributed by atoms with Crippen molar-refractivity contribution in [3.8, 4) is 5.88 Å². The van der Waals surface area contributed by atoms with Crippen LogP contribution >= 0.6 is 34.0 Å². The normalized spacial score (nSPS) is 19.4. The molecule has 3 rings (SSSR count). The van der Waals surface area contributed by atoms with E-state index in [1.54, 1.807) is 25.5 Å². The molecule has 158 valence electrons. The number of rotatable bonds is 11.